The highest BCUT2D eigenvalue weighted by Gasteiger charge is 2.30. The van der Waals surface area contributed by atoms with Gasteiger partial charge in [0.15, 0.2) is 5.60 Å². The van der Waals surface area contributed by atoms with E-state index in [1.807, 2.05) is 0 Å². The van der Waals surface area contributed by atoms with Gasteiger partial charge in [0.2, 0.25) is 5.91 Å². The highest BCUT2D eigenvalue weighted by Crippen LogP contribution is 2.23. The second kappa shape index (κ2) is 6.64. The predicted molar refractivity (Wildman–Crippen MR) is 75.8 cm³/mol. The van der Waals surface area contributed by atoms with Crippen molar-refractivity contribution in [3.05, 3.63) is 38.3 Å². The van der Waals surface area contributed by atoms with Crippen molar-refractivity contribution in [2.75, 3.05) is 6.54 Å². The standard InChI is InChI=1S/C12H13BrN2O6/c1-12(19,11(17)18)6-14-10(16)4-7-2-3-8(15(20)21)5-9(7)13/h2-3,5,19H,4,6H2,1H3,(H,14,16)(H,17,18). The molecule has 3 N–H and O–H groups in total. The molecule has 0 spiro atoms. The molecule has 21 heavy (non-hydrogen) atoms. The first-order valence-corrected chi connectivity index (χ1v) is 6.58. The summed E-state index contributed by atoms with van der Waals surface area (Å²) in [5, 5.41) is 31.0. The number of halogens is 1. The van der Waals surface area contributed by atoms with Gasteiger partial charge in [-0.3, -0.25) is 14.9 Å². The van der Waals surface area contributed by atoms with E-state index in [4.69, 9.17) is 5.11 Å². The van der Waals surface area contributed by atoms with E-state index in [9.17, 15) is 24.8 Å². The number of amides is 1. The van der Waals surface area contributed by atoms with E-state index in [0.29, 0.717) is 10.0 Å². The molecular weight excluding hydrogens is 348 g/mol. The Labute approximate surface area is 128 Å². The van der Waals surface area contributed by atoms with Gasteiger partial charge in [-0.05, 0) is 12.5 Å². The summed E-state index contributed by atoms with van der Waals surface area (Å²) in [5.41, 5.74) is -1.66. The second-order valence-electron chi connectivity index (χ2n) is 4.57. The molecule has 0 aliphatic carbocycles. The molecule has 114 valence electrons. The van der Waals surface area contributed by atoms with Crippen molar-refractivity contribution < 1.29 is 24.7 Å². The number of nitrogens with zero attached hydrogens (tertiary/aromatic N) is 1. The van der Waals surface area contributed by atoms with Gasteiger partial charge in [0.05, 0.1) is 17.9 Å². The number of hydrogen-bond acceptors (Lipinski definition) is 5. The van der Waals surface area contributed by atoms with Crippen molar-refractivity contribution in [3.63, 3.8) is 0 Å². The van der Waals surface area contributed by atoms with Crippen LogP contribution in [0.4, 0.5) is 5.69 Å². The molecular formula is C12H13BrN2O6. The van der Waals surface area contributed by atoms with Crippen LogP contribution in [0.3, 0.4) is 0 Å². The molecule has 0 bridgehead atoms. The van der Waals surface area contributed by atoms with Crippen molar-refractivity contribution >= 4 is 33.5 Å². The zero-order valence-electron chi connectivity index (χ0n) is 11.0. The molecule has 1 rings (SSSR count). The molecule has 1 amide bonds. The third-order valence-corrected chi connectivity index (χ3v) is 3.43. The zero-order valence-corrected chi connectivity index (χ0v) is 12.6. The summed E-state index contributed by atoms with van der Waals surface area (Å²) in [4.78, 5) is 32.4. The minimum Gasteiger partial charge on any atom is -0.479 e. The van der Waals surface area contributed by atoms with Gasteiger partial charge in [0.25, 0.3) is 5.69 Å². The average molecular weight is 361 g/mol. The minimum atomic E-state index is -2.05. The van der Waals surface area contributed by atoms with Crippen LogP contribution in [0.25, 0.3) is 0 Å². The molecule has 0 radical (unpaired) electrons. The molecule has 8 nitrogen and oxygen atoms in total. The first kappa shape index (κ1) is 17.1. The topological polar surface area (TPSA) is 130 Å². The summed E-state index contributed by atoms with van der Waals surface area (Å²) in [6.07, 6.45) is -0.103. The van der Waals surface area contributed by atoms with Crippen molar-refractivity contribution in [2.45, 2.75) is 18.9 Å². The number of nitro benzene ring substituents is 1. The number of carboxylic acid groups (broad SMARTS) is 1. The SMILES string of the molecule is CC(O)(CNC(=O)Cc1ccc([N+](=O)[O-])cc1Br)C(=O)O. The first-order valence-electron chi connectivity index (χ1n) is 5.79. The van der Waals surface area contributed by atoms with E-state index >= 15 is 0 Å². The monoisotopic (exact) mass is 360 g/mol. The smallest absolute Gasteiger partial charge is 0.337 e. The Balaban J connectivity index is 2.68. The Morgan fingerprint density at radius 1 is 1.48 bits per heavy atom. The Morgan fingerprint density at radius 2 is 2.10 bits per heavy atom. The van der Waals surface area contributed by atoms with E-state index in [0.717, 1.165) is 6.92 Å². The van der Waals surface area contributed by atoms with Crippen LogP contribution in [0, 0.1) is 10.1 Å². The van der Waals surface area contributed by atoms with E-state index < -0.39 is 28.9 Å². The van der Waals surface area contributed by atoms with Gasteiger partial charge in [0, 0.05) is 16.6 Å². The van der Waals surface area contributed by atoms with E-state index in [-0.39, 0.29) is 12.1 Å². The lowest BCUT2D eigenvalue weighted by atomic mass is 10.1. The lowest BCUT2D eigenvalue weighted by Gasteiger charge is -2.18. The largest absolute Gasteiger partial charge is 0.479 e. The maximum absolute atomic E-state index is 11.7. The number of carbonyl (C=O) groups is 2. The van der Waals surface area contributed by atoms with Gasteiger partial charge in [-0.15, -0.1) is 0 Å². The van der Waals surface area contributed by atoms with E-state index in [2.05, 4.69) is 21.2 Å². The average Bonchev–Trinajstić information content (AvgIpc) is 2.38. The summed E-state index contributed by atoms with van der Waals surface area (Å²) >= 11 is 3.13. The number of nitro groups is 1. The molecule has 1 aromatic rings. The number of benzene rings is 1. The number of aliphatic hydroxyl groups is 1. The lowest BCUT2D eigenvalue weighted by Crippen LogP contribution is -2.46. The summed E-state index contributed by atoms with van der Waals surface area (Å²) in [6, 6.07) is 3.97. The quantitative estimate of drug-likeness (QED) is 0.509. The van der Waals surface area contributed by atoms with Crippen molar-refractivity contribution in [1.29, 1.82) is 0 Å². The molecule has 0 saturated carbocycles. The van der Waals surface area contributed by atoms with Gasteiger partial charge >= 0.3 is 5.97 Å². The van der Waals surface area contributed by atoms with Crippen molar-refractivity contribution in [1.82, 2.24) is 5.32 Å². The van der Waals surface area contributed by atoms with Gasteiger partial charge in [-0.25, -0.2) is 4.79 Å². The molecule has 0 saturated heterocycles. The van der Waals surface area contributed by atoms with Crippen LogP contribution < -0.4 is 5.32 Å². The van der Waals surface area contributed by atoms with Crippen LogP contribution in [0.15, 0.2) is 22.7 Å². The molecule has 0 heterocycles. The lowest BCUT2D eigenvalue weighted by molar-refractivity contribution is -0.384. The molecule has 9 heteroatoms. The third kappa shape index (κ3) is 4.80. The van der Waals surface area contributed by atoms with Crippen LogP contribution in [0.2, 0.25) is 0 Å². The first-order chi connectivity index (χ1) is 9.63. The maximum Gasteiger partial charge on any atom is 0.337 e. The van der Waals surface area contributed by atoms with E-state index in [1.165, 1.54) is 18.2 Å². The number of nitrogens with one attached hydrogen (secondary N) is 1. The van der Waals surface area contributed by atoms with Crippen LogP contribution in [-0.2, 0) is 16.0 Å². The van der Waals surface area contributed by atoms with Crippen LogP contribution in [0.5, 0.6) is 0 Å². The van der Waals surface area contributed by atoms with Crippen LogP contribution >= 0.6 is 15.9 Å². The minimum absolute atomic E-state index is 0.103. The summed E-state index contributed by atoms with van der Waals surface area (Å²) in [7, 11) is 0. The Bertz CT molecular complexity index is 587. The predicted octanol–water partition coefficient (Wildman–Crippen LogP) is 0.852. The highest BCUT2D eigenvalue weighted by molar-refractivity contribution is 9.10. The van der Waals surface area contributed by atoms with Gasteiger partial charge in [-0.1, -0.05) is 22.0 Å². The number of aliphatic carboxylic acids is 1. The molecule has 0 aliphatic heterocycles. The normalized spacial score (nSPS) is 13.3. The number of carbonyl (C=O) groups excluding carboxylic acids is 1. The fourth-order valence-corrected chi connectivity index (χ4v) is 1.88. The maximum atomic E-state index is 11.7. The zero-order chi connectivity index (χ0) is 16.2. The fourth-order valence-electron chi connectivity index (χ4n) is 1.37. The third-order valence-electron chi connectivity index (χ3n) is 2.69. The second-order valence-corrected chi connectivity index (χ2v) is 5.42. The highest BCUT2D eigenvalue weighted by atomic mass is 79.9. The molecule has 1 aromatic carbocycles. The number of non-ortho nitro benzene ring substituents is 1. The molecule has 0 aliphatic rings. The Morgan fingerprint density at radius 3 is 2.57 bits per heavy atom. The molecule has 1 unspecified atom stereocenters. The molecule has 1 atom stereocenters. The van der Waals surface area contributed by atoms with Crippen LogP contribution in [0.1, 0.15) is 12.5 Å². The van der Waals surface area contributed by atoms with Gasteiger partial charge in [-0.2, -0.15) is 0 Å². The van der Waals surface area contributed by atoms with Gasteiger partial charge < -0.3 is 15.5 Å². The number of rotatable bonds is 6. The Kier molecular flexibility index (Phi) is 5.39. The Hall–Kier alpha value is -2.00. The van der Waals surface area contributed by atoms with Gasteiger partial charge in [0.1, 0.15) is 0 Å². The summed E-state index contributed by atoms with van der Waals surface area (Å²) in [6.45, 7) is 0.628. The molecule has 0 fully saturated rings. The molecule has 0 aromatic heterocycles. The van der Waals surface area contributed by atoms with E-state index in [1.54, 1.807) is 0 Å². The number of hydrogen-bond donors (Lipinski definition) is 3. The summed E-state index contributed by atoms with van der Waals surface area (Å²) < 4.78 is 0.400. The fraction of sp³-hybridized carbons (Fsp3) is 0.333. The van der Waals surface area contributed by atoms with Crippen LogP contribution in [-0.4, -0.2) is 39.2 Å². The number of carboxylic acids is 1. The summed E-state index contributed by atoms with van der Waals surface area (Å²) in [5.74, 6) is -1.95. The van der Waals surface area contributed by atoms with Crippen molar-refractivity contribution in [3.8, 4) is 0 Å². The van der Waals surface area contributed by atoms with Crippen molar-refractivity contribution in [2.24, 2.45) is 0 Å².